The SMILES string of the molecule is N[C@H]1CC[C@@H](C(=O)N(Cc2ccccc2)CC2CCC2)C1. The molecule has 2 N–H and O–H groups in total. The van der Waals surface area contributed by atoms with Crippen molar-refractivity contribution in [2.45, 2.75) is 51.1 Å². The third kappa shape index (κ3) is 3.65. The van der Waals surface area contributed by atoms with Crippen molar-refractivity contribution >= 4 is 5.91 Å². The Labute approximate surface area is 127 Å². The van der Waals surface area contributed by atoms with Crippen LogP contribution in [0.3, 0.4) is 0 Å². The van der Waals surface area contributed by atoms with Gasteiger partial charge in [-0.15, -0.1) is 0 Å². The number of hydrogen-bond acceptors (Lipinski definition) is 2. The number of amides is 1. The average Bonchev–Trinajstić information content (AvgIpc) is 2.88. The molecule has 0 unspecified atom stereocenters. The van der Waals surface area contributed by atoms with Gasteiger partial charge in [-0.3, -0.25) is 4.79 Å². The Balaban J connectivity index is 1.67. The molecule has 0 bridgehead atoms. The highest BCUT2D eigenvalue weighted by molar-refractivity contribution is 5.79. The largest absolute Gasteiger partial charge is 0.338 e. The highest BCUT2D eigenvalue weighted by Crippen LogP contribution is 2.31. The van der Waals surface area contributed by atoms with Crippen molar-refractivity contribution in [3.05, 3.63) is 35.9 Å². The molecule has 0 heterocycles. The summed E-state index contributed by atoms with van der Waals surface area (Å²) >= 11 is 0. The fourth-order valence-corrected chi connectivity index (χ4v) is 3.52. The molecular formula is C18H26N2O. The Morgan fingerprint density at radius 3 is 2.48 bits per heavy atom. The minimum atomic E-state index is 0.156. The molecule has 0 saturated heterocycles. The predicted octanol–water partition coefficient (Wildman–Crippen LogP) is 2.94. The quantitative estimate of drug-likeness (QED) is 0.904. The maximum atomic E-state index is 12.8. The van der Waals surface area contributed by atoms with Crippen molar-refractivity contribution in [2.24, 2.45) is 17.6 Å². The lowest BCUT2D eigenvalue weighted by atomic mass is 9.84. The molecule has 3 heteroatoms. The number of rotatable bonds is 5. The van der Waals surface area contributed by atoms with E-state index in [1.807, 2.05) is 18.2 Å². The highest BCUT2D eigenvalue weighted by Gasteiger charge is 2.32. The summed E-state index contributed by atoms with van der Waals surface area (Å²) in [5.74, 6) is 1.20. The average molecular weight is 286 g/mol. The van der Waals surface area contributed by atoms with Gasteiger partial charge in [-0.1, -0.05) is 36.8 Å². The van der Waals surface area contributed by atoms with Crippen LogP contribution < -0.4 is 5.73 Å². The topological polar surface area (TPSA) is 46.3 Å². The first-order chi connectivity index (χ1) is 10.2. The third-order valence-electron chi connectivity index (χ3n) is 5.05. The zero-order valence-corrected chi connectivity index (χ0v) is 12.7. The normalized spacial score (nSPS) is 25.6. The van der Waals surface area contributed by atoms with E-state index in [4.69, 9.17) is 5.73 Å². The number of hydrogen-bond donors (Lipinski definition) is 1. The van der Waals surface area contributed by atoms with Gasteiger partial charge in [-0.05, 0) is 43.6 Å². The van der Waals surface area contributed by atoms with Crippen LogP contribution in [0, 0.1) is 11.8 Å². The molecular weight excluding hydrogens is 260 g/mol. The van der Waals surface area contributed by atoms with Crippen molar-refractivity contribution in [2.75, 3.05) is 6.54 Å². The second kappa shape index (κ2) is 6.61. The van der Waals surface area contributed by atoms with Crippen molar-refractivity contribution in [3.8, 4) is 0 Å². The fourth-order valence-electron chi connectivity index (χ4n) is 3.52. The molecule has 2 aliphatic carbocycles. The van der Waals surface area contributed by atoms with E-state index in [2.05, 4.69) is 17.0 Å². The summed E-state index contributed by atoms with van der Waals surface area (Å²) in [6, 6.07) is 10.6. The van der Waals surface area contributed by atoms with Gasteiger partial charge in [0.05, 0.1) is 0 Å². The van der Waals surface area contributed by atoms with Crippen LogP contribution in [0.1, 0.15) is 44.1 Å². The van der Waals surface area contributed by atoms with Crippen LogP contribution in [0.4, 0.5) is 0 Å². The molecule has 2 fully saturated rings. The minimum absolute atomic E-state index is 0.156. The maximum absolute atomic E-state index is 12.8. The third-order valence-corrected chi connectivity index (χ3v) is 5.05. The van der Waals surface area contributed by atoms with Gasteiger partial charge in [0.25, 0.3) is 0 Å². The summed E-state index contributed by atoms with van der Waals surface area (Å²) in [5.41, 5.74) is 7.21. The lowest BCUT2D eigenvalue weighted by Gasteiger charge is -2.34. The molecule has 3 rings (SSSR count). The van der Waals surface area contributed by atoms with E-state index in [1.54, 1.807) is 0 Å². The van der Waals surface area contributed by atoms with Crippen LogP contribution in [-0.2, 0) is 11.3 Å². The zero-order chi connectivity index (χ0) is 14.7. The lowest BCUT2D eigenvalue weighted by Crippen LogP contribution is -2.40. The van der Waals surface area contributed by atoms with Crippen LogP contribution in [0.2, 0.25) is 0 Å². The molecule has 114 valence electrons. The monoisotopic (exact) mass is 286 g/mol. The Bertz CT molecular complexity index is 469. The standard InChI is InChI=1S/C18H26N2O/c19-17-10-9-16(11-17)18(21)20(13-15-7-4-8-15)12-14-5-2-1-3-6-14/h1-3,5-6,15-17H,4,7-13,19H2/t16-,17+/m1/s1. The van der Waals surface area contributed by atoms with Gasteiger partial charge in [-0.25, -0.2) is 0 Å². The van der Waals surface area contributed by atoms with Gasteiger partial charge in [0.2, 0.25) is 5.91 Å². The van der Waals surface area contributed by atoms with Gasteiger partial charge in [0.15, 0.2) is 0 Å². The molecule has 1 amide bonds. The van der Waals surface area contributed by atoms with Gasteiger partial charge in [0.1, 0.15) is 0 Å². The number of benzene rings is 1. The molecule has 3 nitrogen and oxygen atoms in total. The summed E-state index contributed by atoms with van der Waals surface area (Å²) in [6.07, 6.45) is 6.72. The minimum Gasteiger partial charge on any atom is -0.338 e. The number of carbonyl (C=O) groups excluding carboxylic acids is 1. The van der Waals surface area contributed by atoms with E-state index in [9.17, 15) is 4.79 Å². The molecule has 0 radical (unpaired) electrons. The first-order valence-electron chi connectivity index (χ1n) is 8.30. The molecule has 1 aromatic carbocycles. The van der Waals surface area contributed by atoms with Crippen molar-refractivity contribution < 1.29 is 4.79 Å². The van der Waals surface area contributed by atoms with Crippen molar-refractivity contribution in [3.63, 3.8) is 0 Å². The Hall–Kier alpha value is -1.35. The van der Waals surface area contributed by atoms with Gasteiger partial charge >= 0.3 is 0 Å². The smallest absolute Gasteiger partial charge is 0.226 e. The van der Waals surface area contributed by atoms with Gasteiger partial charge < -0.3 is 10.6 Å². The van der Waals surface area contributed by atoms with Crippen LogP contribution in [0.5, 0.6) is 0 Å². The van der Waals surface area contributed by atoms with E-state index in [1.165, 1.54) is 24.8 Å². The number of nitrogens with zero attached hydrogens (tertiary/aromatic N) is 1. The molecule has 1 aromatic rings. The first kappa shape index (κ1) is 14.6. The Morgan fingerprint density at radius 1 is 1.14 bits per heavy atom. The molecule has 21 heavy (non-hydrogen) atoms. The first-order valence-corrected chi connectivity index (χ1v) is 8.30. The van der Waals surface area contributed by atoms with E-state index in [0.29, 0.717) is 11.8 Å². The number of nitrogens with two attached hydrogens (primary N) is 1. The lowest BCUT2D eigenvalue weighted by molar-refractivity contribution is -0.137. The molecule has 0 aliphatic heterocycles. The second-order valence-corrected chi connectivity index (χ2v) is 6.77. The van der Waals surface area contributed by atoms with Crippen molar-refractivity contribution in [1.82, 2.24) is 4.90 Å². The summed E-state index contributed by atoms with van der Waals surface area (Å²) in [6.45, 7) is 1.68. The van der Waals surface area contributed by atoms with E-state index >= 15 is 0 Å². The molecule has 0 spiro atoms. The predicted molar refractivity (Wildman–Crippen MR) is 84.5 cm³/mol. The maximum Gasteiger partial charge on any atom is 0.226 e. The number of carbonyl (C=O) groups is 1. The van der Waals surface area contributed by atoms with Crippen LogP contribution in [-0.4, -0.2) is 23.4 Å². The zero-order valence-electron chi connectivity index (χ0n) is 12.7. The van der Waals surface area contributed by atoms with Crippen LogP contribution in [0.25, 0.3) is 0 Å². The summed E-state index contributed by atoms with van der Waals surface area (Å²) < 4.78 is 0. The molecule has 2 atom stereocenters. The summed E-state index contributed by atoms with van der Waals surface area (Å²) in [7, 11) is 0. The van der Waals surface area contributed by atoms with E-state index in [0.717, 1.165) is 32.4 Å². The second-order valence-electron chi connectivity index (χ2n) is 6.77. The fraction of sp³-hybridized carbons (Fsp3) is 0.611. The van der Waals surface area contributed by atoms with Crippen molar-refractivity contribution in [1.29, 1.82) is 0 Å². The molecule has 0 aromatic heterocycles. The van der Waals surface area contributed by atoms with E-state index in [-0.39, 0.29) is 12.0 Å². The van der Waals surface area contributed by atoms with Gasteiger partial charge in [0, 0.05) is 25.0 Å². The summed E-state index contributed by atoms with van der Waals surface area (Å²) in [5, 5.41) is 0. The molecule has 2 aliphatic rings. The summed E-state index contributed by atoms with van der Waals surface area (Å²) in [4.78, 5) is 14.9. The highest BCUT2D eigenvalue weighted by atomic mass is 16.2. The Kier molecular flexibility index (Phi) is 4.59. The van der Waals surface area contributed by atoms with Gasteiger partial charge in [-0.2, -0.15) is 0 Å². The van der Waals surface area contributed by atoms with Crippen LogP contribution in [0.15, 0.2) is 30.3 Å². The van der Waals surface area contributed by atoms with E-state index < -0.39 is 0 Å². The van der Waals surface area contributed by atoms with Crippen LogP contribution >= 0.6 is 0 Å². The Morgan fingerprint density at radius 2 is 1.90 bits per heavy atom. The molecule has 2 saturated carbocycles.